The fraction of sp³-hybridized carbons (Fsp3) is 0.417. The SMILES string of the molecule is COCCS(=O)Cc1ccc(OC)c(C#N)c1. The van der Waals surface area contributed by atoms with E-state index in [9.17, 15) is 4.21 Å². The Hall–Kier alpha value is -1.38. The summed E-state index contributed by atoms with van der Waals surface area (Å²) in [7, 11) is 2.14. The summed E-state index contributed by atoms with van der Waals surface area (Å²) in [5.41, 5.74) is 1.34. The first-order valence-corrected chi connectivity index (χ1v) is 6.61. The van der Waals surface area contributed by atoms with E-state index >= 15 is 0 Å². The van der Waals surface area contributed by atoms with Gasteiger partial charge in [0.05, 0.1) is 19.3 Å². The molecule has 1 rings (SSSR count). The Labute approximate surface area is 104 Å². The molecule has 0 spiro atoms. The highest BCUT2D eigenvalue weighted by Gasteiger charge is 2.06. The number of nitriles is 1. The van der Waals surface area contributed by atoms with Gasteiger partial charge in [-0.1, -0.05) is 6.07 Å². The summed E-state index contributed by atoms with van der Waals surface area (Å²) in [6, 6.07) is 7.31. The molecule has 0 aliphatic heterocycles. The van der Waals surface area contributed by atoms with Crippen molar-refractivity contribution in [2.24, 2.45) is 0 Å². The van der Waals surface area contributed by atoms with Gasteiger partial charge in [0, 0.05) is 29.4 Å². The van der Waals surface area contributed by atoms with Gasteiger partial charge in [0.2, 0.25) is 0 Å². The number of methoxy groups -OCH3 is 2. The second-order valence-electron chi connectivity index (χ2n) is 3.43. The lowest BCUT2D eigenvalue weighted by Gasteiger charge is -2.06. The first-order valence-electron chi connectivity index (χ1n) is 5.12. The van der Waals surface area contributed by atoms with Crippen molar-refractivity contribution in [1.82, 2.24) is 0 Å². The molecule has 0 bridgehead atoms. The molecule has 1 atom stereocenters. The van der Waals surface area contributed by atoms with Crippen molar-refractivity contribution in [1.29, 1.82) is 5.26 Å². The van der Waals surface area contributed by atoms with Crippen molar-refractivity contribution >= 4 is 10.8 Å². The minimum absolute atomic E-state index is 0.433. The highest BCUT2D eigenvalue weighted by atomic mass is 32.2. The van der Waals surface area contributed by atoms with Crippen LogP contribution in [0.1, 0.15) is 11.1 Å². The fourth-order valence-corrected chi connectivity index (χ4v) is 2.41. The molecule has 1 unspecified atom stereocenters. The molecule has 0 saturated carbocycles. The van der Waals surface area contributed by atoms with Crippen molar-refractivity contribution in [3.05, 3.63) is 29.3 Å². The van der Waals surface area contributed by atoms with Crippen LogP contribution in [-0.2, 0) is 21.3 Å². The van der Waals surface area contributed by atoms with Crippen molar-refractivity contribution in [3.63, 3.8) is 0 Å². The topological polar surface area (TPSA) is 59.3 Å². The zero-order valence-corrected chi connectivity index (χ0v) is 10.8. The van der Waals surface area contributed by atoms with Crippen LogP contribution in [0.3, 0.4) is 0 Å². The molecule has 1 aromatic carbocycles. The van der Waals surface area contributed by atoms with Crippen LogP contribution < -0.4 is 4.74 Å². The van der Waals surface area contributed by atoms with Crippen molar-refractivity contribution < 1.29 is 13.7 Å². The quantitative estimate of drug-likeness (QED) is 0.770. The van der Waals surface area contributed by atoms with Gasteiger partial charge >= 0.3 is 0 Å². The molecule has 0 saturated heterocycles. The van der Waals surface area contributed by atoms with E-state index in [-0.39, 0.29) is 0 Å². The number of ether oxygens (including phenoxy) is 2. The first kappa shape index (κ1) is 13.7. The summed E-state index contributed by atoms with van der Waals surface area (Å²) in [4.78, 5) is 0. The lowest BCUT2D eigenvalue weighted by Crippen LogP contribution is -2.06. The number of hydrogen-bond donors (Lipinski definition) is 0. The molecule has 0 aromatic heterocycles. The molecule has 5 heteroatoms. The Bertz CT molecular complexity index is 440. The van der Waals surface area contributed by atoms with Crippen LogP contribution in [0.15, 0.2) is 18.2 Å². The zero-order chi connectivity index (χ0) is 12.7. The Morgan fingerprint density at radius 3 is 2.76 bits per heavy atom. The van der Waals surface area contributed by atoms with E-state index in [0.717, 1.165) is 5.56 Å². The number of hydrogen-bond acceptors (Lipinski definition) is 4. The Morgan fingerprint density at radius 2 is 2.18 bits per heavy atom. The Morgan fingerprint density at radius 1 is 1.41 bits per heavy atom. The van der Waals surface area contributed by atoms with Crippen LogP contribution in [-0.4, -0.2) is 30.8 Å². The second-order valence-corrected chi connectivity index (χ2v) is 5.00. The summed E-state index contributed by atoms with van der Waals surface area (Å²) in [6.07, 6.45) is 0. The molecule has 92 valence electrons. The van der Waals surface area contributed by atoms with Gasteiger partial charge in [0.25, 0.3) is 0 Å². The molecular weight excluding hydrogens is 238 g/mol. The van der Waals surface area contributed by atoms with Gasteiger partial charge in [0.1, 0.15) is 11.8 Å². The standard InChI is InChI=1S/C12H15NO3S/c1-15-5-6-17(14)9-10-3-4-12(16-2)11(7-10)8-13/h3-4,7H,5-6,9H2,1-2H3. The molecule has 0 N–H and O–H groups in total. The van der Waals surface area contributed by atoms with E-state index in [1.165, 1.54) is 7.11 Å². The number of benzene rings is 1. The lowest BCUT2D eigenvalue weighted by atomic mass is 10.1. The maximum absolute atomic E-state index is 11.6. The van der Waals surface area contributed by atoms with Crippen LogP contribution in [0.5, 0.6) is 5.75 Å². The third kappa shape index (κ3) is 4.17. The minimum Gasteiger partial charge on any atom is -0.495 e. The molecule has 0 aliphatic carbocycles. The average molecular weight is 253 g/mol. The van der Waals surface area contributed by atoms with E-state index in [1.54, 1.807) is 19.2 Å². The lowest BCUT2D eigenvalue weighted by molar-refractivity contribution is 0.218. The van der Waals surface area contributed by atoms with E-state index < -0.39 is 10.8 Å². The number of nitrogens with zero attached hydrogens (tertiary/aromatic N) is 1. The fourth-order valence-electron chi connectivity index (χ4n) is 1.37. The Balaban J connectivity index is 2.73. The summed E-state index contributed by atoms with van der Waals surface area (Å²) in [5, 5.41) is 8.92. The third-order valence-electron chi connectivity index (χ3n) is 2.23. The molecule has 4 nitrogen and oxygen atoms in total. The number of rotatable bonds is 6. The van der Waals surface area contributed by atoms with Crippen LogP contribution in [0, 0.1) is 11.3 Å². The summed E-state index contributed by atoms with van der Waals surface area (Å²) >= 11 is 0. The van der Waals surface area contributed by atoms with E-state index in [2.05, 4.69) is 6.07 Å². The predicted octanol–water partition coefficient (Wildman–Crippen LogP) is 1.46. The summed E-state index contributed by atoms with van der Waals surface area (Å²) < 4.78 is 21.6. The molecule has 0 aliphatic rings. The van der Waals surface area contributed by atoms with Crippen LogP contribution in [0.4, 0.5) is 0 Å². The van der Waals surface area contributed by atoms with Crippen LogP contribution in [0.2, 0.25) is 0 Å². The van der Waals surface area contributed by atoms with Gasteiger partial charge in [-0.2, -0.15) is 5.26 Å². The van der Waals surface area contributed by atoms with Gasteiger partial charge in [-0.05, 0) is 17.7 Å². The van der Waals surface area contributed by atoms with Crippen molar-refractivity contribution in [2.75, 3.05) is 26.6 Å². The van der Waals surface area contributed by atoms with Crippen LogP contribution in [0.25, 0.3) is 0 Å². The smallest absolute Gasteiger partial charge is 0.136 e. The highest BCUT2D eigenvalue weighted by molar-refractivity contribution is 7.84. The maximum Gasteiger partial charge on any atom is 0.136 e. The largest absolute Gasteiger partial charge is 0.495 e. The molecule has 17 heavy (non-hydrogen) atoms. The Kier molecular flexibility index (Phi) is 5.67. The van der Waals surface area contributed by atoms with E-state index in [0.29, 0.717) is 29.4 Å². The molecule has 0 radical (unpaired) electrons. The monoisotopic (exact) mass is 253 g/mol. The van der Waals surface area contributed by atoms with Crippen LogP contribution >= 0.6 is 0 Å². The second kappa shape index (κ2) is 7.05. The minimum atomic E-state index is -0.965. The zero-order valence-electron chi connectivity index (χ0n) is 9.93. The molecule has 0 amide bonds. The molecule has 0 fully saturated rings. The van der Waals surface area contributed by atoms with Gasteiger partial charge in [-0.15, -0.1) is 0 Å². The van der Waals surface area contributed by atoms with Gasteiger partial charge in [-0.3, -0.25) is 4.21 Å². The van der Waals surface area contributed by atoms with E-state index in [1.807, 2.05) is 6.07 Å². The highest BCUT2D eigenvalue weighted by Crippen LogP contribution is 2.19. The molecule has 1 aromatic rings. The predicted molar refractivity (Wildman–Crippen MR) is 66.3 cm³/mol. The molecule has 0 heterocycles. The van der Waals surface area contributed by atoms with Crippen molar-refractivity contribution in [2.45, 2.75) is 5.75 Å². The average Bonchev–Trinajstić information content (AvgIpc) is 2.36. The van der Waals surface area contributed by atoms with Gasteiger partial charge in [-0.25, -0.2) is 0 Å². The van der Waals surface area contributed by atoms with E-state index in [4.69, 9.17) is 14.7 Å². The summed E-state index contributed by atoms with van der Waals surface area (Å²) in [6.45, 7) is 0.480. The summed E-state index contributed by atoms with van der Waals surface area (Å²) in [5.74, 6) is 1.48. The third-order valence-corrected chi connectivity index (χ3v) is 3.50. The normalized spacial score (nSPS) is 11.8. The molecular formula is C12H15NO3S. The first-order chi connectivity index (χ1) is 8.21. The van der Waals surface area contributed by atoms with Crippen molar-refractivity contribution in [3.8, 4) is 11.8 Å². The van der Waals surface area contributed by atoms with Gasteiger partial charge in [0.15, 0.2) is 0 Å². The maximum atomic E-state index is 11.6. The van der Waals surface area contributed by atoms with Gasteiger partial charge < -0.3 is 9.47 Å².